The van der Waals surface area contributed by atoms with Crippen molar-refractivity contribution in [3.05, 3.63) is 82.4 Å². The molecule has 0 heterocycles. The van der Waals surface area contributed by atoms with Crippen LogP contribution < -0.4 is 14.9 Å². The largest absolute Gasteiger partial charge is 0.500 e. The number of hydrogen-bond acceptors (Lipinski definition) is 7. The summed E-state index contributed by atoms with van der Waals surface area (Å²) >= 11 is 0. The van der Waals surface area contributed by atoms with Gasteiger partial charge in [-0.2, -0.15) is 5.10 Å². The molecule has 2 N–H and O–H groups in total. The molecule has 3 rings (SSSR count). The van der Waals surface area contributed by atoms with Gasteiger partial charge >= 0.3 is 5.69 Å². The highest BCUT2D eigenvalue weighted by atomic mass is 16.6. The van der Waals surface area contributed by atoms with Crippen molar-refractivity contribution in [3.8, 4) is 28.4 Å². The molecule has 9 nitrogen and oxygen atoms in total. The molecule has 9 heteroatoms. The van der Waals surface area contributed by atoms with Gasteiger partial charge in [0, 0.05) is 11.6 Å². The van der Waals surface area contributed by atoms with Crippen molar-refractivity contribution in [2.45, 2.75) is 6.92 Å². The fraction of sp³-hybridized carbons (Fsp3) is 0.130. The Morgan fingerprint density at radius 3 is 2.44 bits per heavy atom. The lowest BCUT2D eigenvalue weighted by molar-refractivity contribution is -0.386. The number of carbonyl (C=O) groups excluding carboxylic acids is 1. The van der Waals surface area contributed by atoms with Crippen LogP contribution in [0.15, 0.2) is 71.8 Å². The van der Waals surface area contributed by atoms with Crippen LogP contribution >= 0.6 is 0 Å². The van der Waals surface area contributed by atoms with Crippen molar-refractivity contribution in [2.24, 2.45) is 5.10 Å². The maximum absolute atomic E-state index is 12.0. The Morgan fingerprint density at radius 2 is 1.78 bits per heavy atom. The zero-order valence-corrected chi connectivity index (χ0v) is 17.2. The molecule has 0 fully saturated rings. The minimum atomic E-state index is -0.731. The number of nitro benzene ring substituents is 1. The Balaban J connectivity index is 1.56. The van der Waals surface area contributed by atoms with Crippen LogP contribution in [0.4, 0.5) is 5.69 Å². The van der Waals surface area contributed by atoms with Gasteiger partial charge in [0.2, 0.25) is 5.75 Å². The lowest BCUT2D eigenvalue weighted by atomic mass is 10.1. The normalized spacial score (nSPS) is 10.7. The van der Waals surface area contributed by atoms with Crippen molar-refractivity contribution < 1.29 is 24.3 Å². The van der Waals surface area contributed by atoms with Gasteiger partial charge in [0.05, 0.1) is 17.7 Å². The van der Waals surface area contributed by atoms with Gasteiger partial charge in [-0.1, -0.05) is 42.5 Å². The van der Waals surface area contributed by atoms with Crippen LogP contribution in [0.2, 0.25) is 0 Å². The molecule has 3 aromatic carbocycles. The smallest absolute Gasteiger partial charge is 0.315 e. The molecule has 164 valence electrons. The Kier molecular flexibility index (Phi) is 7.37. The SMILES string of the molecule is CCOc1cc(/C=N/NC(=O)COc2ccc(-c3ccccc3)cc2)cc([N+](=O)[O-])c1O. The highest BCUT2D eigenvalue weighted by Gasteiger charge is 2.19. The molecule has 0 aliphatic carbocycles. The van der Waals surface area contributed by atoms with E-state index in [1.807, 2.05) is 42.5 Å². The Morgan fingerprint density at radius 1 is 1.09 bits per heavy atom. The number of phenols is 1. The summed E-state index contributed by atoms with van der Waals surface area (Å²) in [6.07, 6.45) is 1.21. The minimum absolute atomic E-state index is 0.0447. The fourth-order valence-electron chi connectivity index (χ4n) is 2.83. The van der Waals surface area contributed by atoms with Crippen LogP contribution in [0.25, 0.3) is 11.1 Å². The van der Waals surface area contributed by atoms with E-state index in [9.17, 15) is 20.0 Å². The second kappa shape index (κ2) is 10.6. The van der Waals surface area contributed by atoms with Crippen molar-refractivity contribution >= 4 is 17.8 Å². The number of hydrogen-bond donors (Lipinski definition) is 2. The number of carbonyl (C=O) groups is 1. The first-order chi connectivity index (χ1) is 15.5. The second-order valence-corrected chi connectivity index (χ2v) is 6.55. The van der Waals surface area contributed by atoms with Crippen LogP contribution in [0.3, 0.4) is 0 Å². The molecular weight excluding hydrogens is 414 g/mol. The predicted octanol–water partition coefficient (Wildman–Crippen LogP) is 3.90. The Bertz CT molecular complexity index is 1110. The first-order valence-corrected chi connectivity index (χ1v) is 9.72. The van der Waals surface area contributed by atoms with Gasteiger partial charge < -0.3 is 14.6 Å². The monoisotopic (exact) mass is 435 g/mol. The van der Waals surface area contributed by atoms with Crippen LogP contribution in [-0.2, 0) is 4.79 Å². The summed E-state index contributed by atoms with van der Waals surface area (Å²) in [4.78, 5) is 22.3. The van der Waals surface area contributed by atoms with Crippen LogP contribution in [0.1, 0.15) is 12.5 Å². The molecule has 0 aliphatic rings. The Hall–Kier alpha value is -4.40. The summed E-state index contributed by atoms with van der Waals surface area (Å²) in [5.74, 6) is -0.590. The second-order valence-electron chi connectivity index (χ2n) is 6.55. The fourth-order valence-corrected chi connectivity index (χ4v) is 2.83. The lowest BCUT2D eigenvalue weighted by Gasteiger charge is -2.07. The van der Waals surface area contributed by atoms with Gasteiger partial charge in [-0.25, -0.2) is 5.43 Å². The van der Waals surface area contributed by atoms with Crippen LogP contribution in [0, 0.1) is 10.1 Å². The van der Waals surface area contributed by atoms with E-state index in [1.54, 1.807) is 19.1 Å². The van der Waals surface area contributed by atoms with E-state index >= 15 is 0 Å². The van der Waals surface area contributed by atoms with E-state index in [-0.39, 0.29) is 24.5 Å². The number of amides is 1. The van der Waals surface area contributed by atoms with E-state index in [0.717, 1.165) is 17.2 Å². The van der Waals surface area contributed by atoms with Crippen molar-refractivity contribution in [1.82, 2.24) is 5.43 Å². The third-order valence-electron chi connectivity index (χ3n) is 4.31. The number of nitrogens with zero attached hydrogens (tertiary/aromatic N) is 2. The molecule has 0 spiro atoms. The number of nitro groups is 1. The molecule has 0 aromatic heterocycles. The third kappa shape index (κ3) is 5.82. The first kappa shape index (κ1) is 22.3. The van der Waals surface area contributed by atoms with E-state index in [0.29, 0.717) is 5.75 Å². The summed E-state index contributed by atoms with van der Waals surface area (Å²) in [5.41, 5.74) is 4.14. The molecule has 0 unspecified atom stereocenters. The average molecular weight is 435 g/mol. The van der Waals surface area contributed by atoms with Crippen molar-refractivity contribution in [2.75, 3.05) is 13.2 Å². The summed E-state index contributed by atoms with van der Waals surface area (Å²) in [6, 6.07) is 19.7. The van der Waals surface area contributed by atoms with Gasteiger partial charge in [0.25, 0.3) is 5.91 Å². The van der Waals surface area contributed by atoms with E-state index in [4.69, 9.17) is 9.47 Å². The van der Waals surface area contributed by atoms with Gasteiger partial charge in [0.1, 0.15) is 5.75 Å². The van der Waals surface area contributed by atoms with Gasteiger partial charge in [0.15, 0.2) is 12.4 Å². The summed E-state index contributed by atoms with van der Waals surface area (Å²) in [7, 11) is 0. The summed E-state index contributed by atoms with van der Waals surface area (Å²) in [5, 5.41) is 24.8. The van der Waals surface area contributed by atoms with Crippen LogP contribution in [-0.4, -0.2) is 35.4 Å². The lowest BCUT2D eigenvalue weighted by Crippen LogP contribution is -2.24. The molecule has 0 aliphatic heterocycles. The first-order valence-electron chi connectivity index (χ1n) is 9.72. The Labute approximate surface area is 184 Å². The van der Waals surface area contributed by atoms with Crippen molar-refractivity contribution in [3.63, 3.8) is 0 Å². The van der Waals surface area contributed by atoms with Gasteiger partial charge in [-0.3, -0.25) is 14.9 Å². The summed E-state index contributed by atoms with van der Waals surface area (Å²) in [6.45, 7) is 1.63. The number of hydrazone groups is 1. The molecular formula is C23H21N3O6. The zero-order chi connectivity index (χ0) is 22.9. The zero-order valence-electron chi connectivity index (χ0n) is 17.2. The molecule has 0 bridgehead atoms. The highest BCUT2D eigenvalue weighted by Crippen LogP contribution is 2.36. The number of ether oxygens (including phenoxy) is 2. The number of rotatable bonds is 9. The third-order valence-corrected chi connectivity index (χ3v) is 4.31. The average Bonchev–Trinajstić information content (AvgIpc) is 2.80. The van der Waals surface area contributed by atoms with Crippen LogP contribution in [0.5, 0.6) is 17.2 Å². The van der Waals surface area contributed by atoms with Gasteiger partial charge in [-0.15, -0.1) is 0 Å². The number of phenolic OH excluding ortho intramolecular Hbond substituents is 1. The molecule has 0 radical (unpaired) electrons. The molecule has 1 amide bonds. The van der Waals surface area contributed by atoms with Crippen molar-refractivity contribution in [1.29, 1.82) is 0 Å². The van der Waals surface area contributed by atoms with E-state index in [1.165, 1.54) is 12.3 Å². The highest BCUT2D eigenvalue weighted by molar-refractivity contribution is 5.85. The topological polar surface area (TPSA) is 123 Å². The quantitative estimate of drug-likeness (QED) is 0.299. The maximum atomic E-state index is 12.0. The molecule has 32 heavy (non-hydrogen) atoms. The molecule has 3 aromatic rings. The van der Waals surface area contributed by atoms with E-state index < -0.39 is 22.3 Å². The number of aromatic hydroxyl groups is 1. The minimum Gasteiger partial charge on any atom is -0.500 e. The maximum Gasteiger partial charge on any atom is 0.315 e. The summed E-state index contributed by atoms with van der Waals surface area (Å²) < 4.78 is 10.6. The van der Waals surface area contributed by atoms with Gasteiger partial charge in [-0.05, 0) is 36.2 Å². The number of benzene rings is 3. The number of nitrogens with one attached hydrogen (secondary N) is 1. The predicted molar refractivity (Wildman–Crippen MR) is 119 cm³/mol. The van der Waals surface area contributed by atoms with E-state index in [2.05, 4.69) is 10.5 Å². The standard InChI is InChI=1S/C23H21N3O6/c1-2-31-21-13-16(12-20(23(21)28)26(29)30)14-24-25-22(27)15-32-19-10-8-18(9-11-19)17-6-4-3-5-7-17/h3-14,28H,2,15H2,1H3,(H,25,27)/b24-14+. The molecule has 0 atom stereocenters. The molecule has 0 saturated carbocycles. The molecule has 0 saturated heterocycles.